The Kier molecular flexibility index (Phi) is 7.04. The van der Waals surface area contributed by atoms with E-state index in [0.29, 0.717) is 16.9 Å². The van der Waals surface area contributed by atoms with Crippen molar-refractivity contribution in [2.75, 3.05) is 6.61 Å². The molecule has 0 radical (unpaired) electrons. The minimum Gasteiger partial charge on any atom is -0.484 e. The number of carbonyl (C=O) groups excluding carboxylic acids is 3. The van der Waals surface area contributed by atoms with Crippen molar-refractivity contribution in [3.05, 3.63) is 78.4 Å². The molecule has 1 atom stereocenters. The molecule has 3 N–H and O–H groups in total. The zero-order valence-electron chi connectivity index (χ0n) is 14.8. The quantitative estimate of drug-likeness (QED) is 0.339. The third-order valence-corrected chi connectivity index (χ3v) is 3.55. The van der Waals surface area contributed by atoms with Crippen molar-refractivity contribution >= 4 is 23.6 Å². The monoisotopic (exact) mass is 382 g/mol. The number of amides is 2. The molecule has 2 amide bonds. The lowest BCUT2D eigenvalue weighted by molar-refractivity contribution is -0.144. The van der Waals surface area contributed by atoms with Crippen LogP contribution in [0.3, 0.4) is 0 Å². The maximum Gasteiger partial charge on any atom is 0.347 e. The van der Waals surface area contributed by atoms with Crippen LogP contribution < -0.4 is 15.4 Å². The molecule has 8 heteroatoms. The number of carboxylic acids is 1. The summed E-state index contributed by atoms with van der Waals surface area (Å²) in [5.74, 6) is -2.75. The first-order chi connectivity index (χ1) is 13.4. The van der Waals surface area contributed by atoms with Gasteiger partial charge in [0.05, 0.1) is 0 Å². The van der Waals surface area contributed by atoms with Gasteiger partial charge < -0.3 is 20.5 Å². The number of nitrogens with one attached hydrogen (secondary N) is 2. The number of aliphatic carboxylic acids is 1. The molecule has 0 heterocycles. The summed E-state index contributed by atoms with van der Waals surface area (Å²) in [5, 5.41) is 13.1. The zero-order chi connectivity index (χ0) is 20.5. The molecule has 0 fully saturated rings. The minimum atomic E-state index is -1.60. The predicted octanol–water partition coefficient (Wildman–Crippen LogP) is 1.13. The minimum absolute atomic E-state index is 0.146. The van der Waals surface area contributed by atoms with Crippen molar-refractivity contribution in [1.29, 1.82) is 0 Å². The Bertz CT molecular complexity index is 877. The van der Waals surface area contributed by atoms with Crippen LogP contribution in [-0.4, -0.2) is 41.4 Å². The van der Waals surface area contributed by atoms with Crippen molar-refractivity contribution in [2.24, 2.45) is 0 Å². The van der Waals surface area contributed by atoms with E-state index in [1.807, 2.05) is 11.4 Å². The first-order valence-electron chi connectivity index (χ1n) is 8.18. The molecule has 2 aromatic rings. The Hall–Kier alpha value is -3.94. The second-order valence-electron chi connectivity index (χ2n) is 5.56. The Morgan fingerprint density at radius 3 is 2.14 bits per heavy atom. The molecule has 0 saturated heterocycles. The van der Waals surface area contributed by atoms with Gasteiger partial charge in [0.25, 0.3) is 5.91 Å². The summed E-state index contributed by atoms with van der Waals surface area (Å²) in [4.78, 5) is 46.4. The molecule has 0 aliphatic rings. The van der Waals surface area contributed by atoms with E-state index in [2.05, 4.69) is 11.9 Å². The standard InChI is InChI=1S/C20H18N2O6/c1-2-16(23)21-19(20(26)27)22-17(24)12-28-15-10-8-14(9-11-15)18(25)13-6-4-3-5-7-13/h2-11,19H,1,12H2,(H,21,23)(H,22,24)(H,26,27). The van der Waals surface area contributed by atoms with E-state index in [0.717, 1.165) is 6.08 Å². The van der Waals surface area contributed by atoms with Crippen LogP contribution in [0, 0.1) is 0 Å². The lowest BCUT2D eigenvalue weighted by atomic mass is 10.0. The summed E-state index contributed by atoms with van der Waals surface area (Å²) in [6.07, 6.45) is -0.718. The van der Waals surface area contributed by atoms with Crippen LogP contribution in [-0.2, 0) is 14.4 Å². The van der Waals surface area contributed by atoms with Gasteiger partial charge in [0.15, 0.2) is 12.4 Å². The number of hydrogen-bond acceptors (Lipinski definition) is 5. The van der Waals surface area contributed by atoms with Gasteiger partial charge in [0, 0.05) is 11.1 Å². The number of ether oxygens (including phenoxy) is 1. The van der Waals surface area contributed by atoms with Gasteiger partial charge in [-0.05, 0) is 30.3 Å². The Balaban J connectivity index is 1.91. The van der Waals surface area contributed by atoms with Crippen molar-refractivity contribution in [2.45, 2.75) is 6.17 Å². The van der Waals surface area contributed by atoms with Crippen LogP contribution in [0.5, 0.6) is 5.75 Å². The fourth-order valence-corrected chi connectivity index (χ4v) is 2.17. The molecule has 8 nitrogen and oxygen atoms in total. The summed E-state index contributed by atoms with van der Waals surface area (Å²) in [7, 11) is 0. The SMILES string of the molecule is C=CC(=O)NC(NC(=O)COc1ccc(C(=O)c2ccccc2)cc1)C(=O)O. The highest BCUT2D eigenvalue weighted by molar-refractivity contribution is 6.09. The number of carbonyl (C=O) groups is 4. The van der Waals surface area contributed by atoms with Gasteiger partial charge in [-0.3, -0.25) is 14.4 Å². The molecule has 2 rings (SSSR count). The number of benzene rings is 2. The predicted molar refractivity (Wildman–Crippen MR) is 99.7 cm³/mol. The van der Waals surface area contributed by atoms with Crippen LogP contribution in [0.2, 0.25) is 0 Å². The maximum atomic E-state index is 12.3. The largest absolute Gasteiger partial charge is 0.484 e. The fourth-order valence-electron chi connectivity index (χ4n) is 2.17. The van der Waals surface area contributed by atoms with E-state index in [1.165, 1.54) is 12.1 Å². The summed E-state index contributed by atoms with van der Waals surface area (Å²) < 4.78 is 5.27. The Labute approximate surface area is 160 Å². The van der Waals surface area contributed by atoms with Crippen molar-refractivity contribution < 1.29 is 29.0 Å². The molecule has 28 heavy (non-hydrogen) atoms. The highest BCUT2D eigenvalue weighted by Crippen LogP contribution is 2.15. The van der Waals surface area contributed by atoms with Gasteiger partial charge >= 0.3 is 5.97 Å². The first-order valence-corrected chi connectivity index (χ1v) is 8.18. The number of ketones is 1. The Morgan fingerprint density at radius 2 is 1.57 bits per heavy atom. The molecule has 0 aliphatic carbocycles. The summed E-state index contributed by atoms with van der Waals surface area (Å²) in [5.41, 5.74) is 1.01. The Morgan fingerprint density at radius 1 is 0.964 bits per heavy atom. The molecule has 0 saturated carbocycles. The smallest absolute Gasteiger partial charge is 0.347 e. The second kappa shape index (κ2) is 9.67. The van der Waals surface area contributed by atoms with Gasteiger partial charge in [-0.25, -0.2) is 4.79 Å². The molecule has 0 aliphatic heterocycles. The molecule has 1 unspecified atom stereocenters. The third-order valence-electron chi connectivity index (χ3n) is 3.55. The highest BCUT2D eigenvalue weighted by Gasteiger charge is 2.21. The van der Waals surface area contributed by atoms with Crippen LogP contribution >= 0.6 is 0 Å². The van der Waals surface area contributed by atoms with Crippen molar-refractivity contribution in [1.82, 2.24) is 10.6 Å². The van der Waals surface area contributed by atoms with Crippen molar-refractivity contribution in [3.63, 3.8) is 0 Å². The number of hydrogen-bond donors (Lipinski definition) is 3. The van der Waals surface area contributed by atoms with Gasteiger partial charge in [0.1, 0.15) is 5.75 Å². The summed E-state index contributed by atoms with van der Waals surface area (Å²) >= 11 is 0. The molecule has 0 spiro atoms. The molecule has 0 bridgehead atoms. The average Bonchev–Trinajstić information content (AvgIpc) is 2.72. The molecule has 0 aromatic heterocycles. The molecular weight excluding hydrogens is 364 g/mol. The van der Waals surface area contributed by atoms with E-state index < -0.39 is 30.6 Å². The van der Waals surface area contributed by atoms with E-state index in [4.69, 9.17) is 9.84 Å². The fraction of sp³-hybridized carbons (Fsp3) is 0.100. The first kappa shape index (κ1) is 20.4. The molecule has 144 valence electrons. The highest BCUT2D eigenvalue weighted by atomic mass is 16.5. The van der Waals surface area contributed by atoms with E-state index in [9.17, 15) is 19.2 Å². The summed E-state index contributed by atoms with van der Waals surface area (Å²) in [6, 6.07) is 14.9. The van der Waals surface area contributed by atoms with Gasteiger partial charge in [-0.2, -0.15) is 0 Å². The van der Waals surface area contributed by atoms with Crippen LogP contribution in [0.4, 0.5) is 0 Å². The van der Waals surface area contributed by atoms with Crippen LogP contribution in [0.25, 0.3) is 0 Å². The summed E-state index contributed by atoms with van der Waals surface area (Å²) in [6.45, 7) is 2.73. The van der Waals surface area contributed by atoms with E-state index in [-0.39, 0.29) is 5.78 Å². The lowest BCUT2D eigenvalue weighted by Gasteiger charge is -2.15. The molecular formula is C20H18N2O6. The maximum absolute atomic E-state index is 12.3. The van der Waals surface area contributed by atoms with E-state index >= 15 is 0 Å². The van der Waals surface area contributed by atoms with Crippen LogP contribution in [0.1, 0.15) is 15.9 Å². The second-order valence-corrected chi connectivity index (χ2v) is 5.56. The van der Waals surface area contributed by atoms with Crippen LogP contribution in [0.15, 0.2) is 67.3 Å². The number of carboxylic acid groups (broad SMARTS) is 1. The van der Waals surface area contributed by atoms with E-state index in [1.54, 1.807) is 36.4 Å². The number of rotatable bonds is 9. The van der Waals surface area contributed by atoms with Crippen molar-refractivity contribution in [3.8, 4) is 5.75 Å². The third kappa shape index (κ3) is 5.80. The topological polar surface area (TPSA) is 122 Å². The van der Waals surface area contributed by atoms with Gasteiger partial charge in [0.2, 0.25) is 12.1 Å². The zero-order valence-corrected chi connectivity index (χ0v) is 14.8. The van der Waals surface area contributed by atoms with Gasteiger partial charge in [-0.1, -0.05) is 36.9 Å². The lowest BCUT2D eigenvalue weighted by Crippen LogP contribution is -2.53. The average molecular weight is 382 g/mol. The van der Waals surface area contributed by atoms with Gasteiger partial charge in [-0.15, -0.1) is 0 Å². The normalized spacial score (nSPS) is 11.0. The molecule has 2 aromatic carbocycles.